The van der Waals surface area contributed by atoms with E-state index >= 15 is 0 Å². The molecule has 6 nitrogen and oxygen atoms in total. The zero-order valence-electron chi connectivity index (χ0n) is 15.5. The van der Waals surface area contributed by atoms with Gasteiger partial charge >= 0.3 is 6.18 Å². The van der Waals surface area contributed by atoms with Crippen LogP contribution < -0.4 is 9.46 Å². The van der Waals surface area contributed by atoms with E-state index in [1.54, 1.807) is 4.72 Å². The Kier molecular flexibility index (Phi) is 7.34. The Morgan fingerprint density at radius 2 is 1.56 bits per heavy atom. The summed E-state index contributed by atoms with van der Waals surface area (Å²) in [6.45, 7) is 5.26. The Hall–Kier alpha value is -1.33. The average Bonchev–Trinajstić information content (AvgIpc) is 2.51. The van der Waals surface area contributed by atoms with Crippen LogP contribution in [0.25, 0.3) is 0 Å². The van der Waals surface area contributed by atoms with Crippen LogP contribution in [0.5, 0.6) is 5.75 Å². The molecule has 0 saturated heterocycles. The molecule has 0 bridgehead atoms. The van der Waals surface area contributed by atoms with Crippen molar-refractivity contribution < 1.29 is 34.7 Å². The normalized spacial score (nSPS) is 14.8. The average molecular weight is 431 g/mol. The van der Waals surface area contributed by atoms with Crippen molar-refractivity contribution in [1.82, 2.24) is 4.72 Å². The van der Waals surface area contributed by atoms with Crippen LogP contribution in [-0.2, 0) is 19.9 Å². The molecule has 156 valence electrons. The smallest absolute Gasteiger partial charge is 0.405 e. The number of rotatable bonds is 8. The van der Waals surface area contributed by atoms with Gasteiger partial charge in [-0.1, -0.05) is 27.7 Å². The highest BCUT2D eigenvalue weighted by Crippen LogP contribution is 2.34. The van der Waals surface area contributed by atoms with Crippen molar-refractivity contribution in [3.63, 3.8) is 0 Å². The molecule has 0 aliphatic carbocycles. The highest BCUT2D eigenvalue weighted by molar-refractivity contribution is 7.91. The van der Waals surface area contributed by atoms with Crippen LogP contribution >= 0.6 is 0 Å². The summed E-state index contributed by atoms with van der Waals surface area (Å²) in [7, 11) is -7.61. The monoisotopic (exact) mass is 431 g/mol. The third-order valence-electron chi connectivity index (χ3n) is 3.70. The van der Waals surface area contributed by atoms with E-state index in [0.29, 0.717) is 0 Å². The fourth-order valence-electron chi connectivity index (χ4n) is 2.10. The van der Waals surface area contributed by atoms with E-state index in [4.69, 9.17) is 4.74 Å². The lowest BCUT2D eigenvalue weighted by Crippen LogP contribution is -2.52. The van der Waals surface area contributed by atoms with E-state index in [1.807, 2.05) is 0 Å². The van der Waals surface area contributed by atoms with E-state index in [-0.39, 0.29) is 28.8 Å². The van der Waals surface area contributed by atoms with Gasteiger partial charge < -0.3 is 4.74 Å². The number of hydrogen-bond donors (Lipinski definition) is 1. The number of sulfonamides is 1. The Morgan fingerprint density at radius 1 is 1.04 bits per heavy atom. The predicted octanol–water partition coefficient (Wildman–Crippen LogP) is 2.76. The molecular formula is C16H24F3NO5S2. The molecule has 0 aromatic heterocycles. The molecule has 0 spiro atoms. The minimum atomic E-state index is -4.75. The van der Waals surface area contributed by atoms with Gasteiger partial charge in [0.25, 0.3) is 0 Å². The number of ether oxygens (including phenoxy) is 1. The lowest BCUT2D eigenvalue weighted by atomic mass is 9.87. The summed E-state index contributed by atoms with van der Waals surface area (Å²) in [5.41, 5.74) is -1.38. The Bertz CT molecular complexity index is 812. The number of alkyl halides is 3. The molecule has 11 heteroatoms. The summed E-state index contributed by atoms with van der Waals surface area (Å²) in [4.78, 5) is -0.352. The van der Waals surface area contributed by atoms with E-state index in [9.17, 15) is 30.0 Å². The first kappa shape index (κ1) is 23.7. The third-order valence-corrected chi connectivity index (χ3v) is 6.81. The summed E-state index contributed by atoms with van der Waals surface area (Å²) < 4.78 is 93.9. The standard InChI is InChI=1S/C16H24F3NO5S2/c1-5-26(21,22)11-10-25-12-6-8-13(9-7-12)27(23,24)20-14(15(2,3)4)16(17,18)19/h6-9,14,20H,5,10-11H2,1-4H3/t14-/m1/s1. The Morgan fingerprint density at radius 3 is 1.96 bits per heavy atom. The van der Waals surface area contributed by atoms with Gasteiger partial charge in [0.15, 0.2) is 9.84 Å². The molecule has 1 N–H and O–H groups in total. The molecule has 0 amide bonds. The van der Waals surface area contributed by atoms with E-state index in [0.717, 1.165) is 12.1 Å². The first-order valence-electron chi connectivity index (χ1n) is 8.11. The summed E-state index contributed by atoms with van der Waals surface area (Å²) in [5, 5.41) is 0. The van der Waals surface area contributed by atoms with Crippen molar-refractivity contribution in [1.29, 1.82) is 0 Å². The van der Waals surface area contributed by atoms with Gasteiger partial charge in [0.2, 0.25) is 10.0 Å². The number of sulfone groups is 1. The fraction of sp³-hybridized carbons (Fsp3) is 0.625. The van der Waals surface area contributed by atoms with Gasteiger partial charge in [0, 0.05) is 5.75 Å². The molecule has 1 rings (SSSR count). The molecule has 0 aliphatic rings. The molecule has 1 aromatic carbocycles. The van der Waals surface area contributed by atoms with Crippen LogP contribution in [0.15, 0.2) is 29.2 Å². The van der Waals surface area contributed by atoms with Crippen molar-refractivity contribution in [2.24, 2.45) is 5.41 Å². The minimum absolute atomic E-state index is 0.0205. The van der Waals surface area contributed by atoms with Crippen LogP contribution in [-0.4, -0.2) is 47.2 Å². The number of hydrogen-bond acceptors (Lipinski definition) is 5. The van der Waals surface area contributed by atoms with Crippen molar-refractivity contribution in [3.05, 3.63) is 24.3 Å². The predicted molar refractivity (Wildman–Crippen MR) is 95.9 cm³/mol. The molecule has 0 radical (unpaired) electrons. The van der Waals surface area contributed by atoms with Crippen molar-refractivity contribution in [2.45, 2.75) is 44.8 Å². The number of halogens is 3. The van der Waals surface area contributed by atoms with Crippen LogP contribution in [0.1, 0.15) is 27.7 Å². The molecule has 1 atom stereocenters. The van der Waals surface area contributed by atoms with Crippen molar-refractivity contribution in [2.75, 3.05) is 18.1 Å². The lowest BCUT2D eigenvalue weighted by Gasteiger charge is -2.32. The third kappa shape index (κ3) is 7.30. The summed E-state index contributed by atoms with van der Waals surface area (Å²) >= 11 is 0. The Labute approximate surface area is 158 Å². The zero-order chi connectivity index (χ0) is 21.1. The van der Waals surface area contributed by atoms with Gasteiger partial charge in [-0.05, 0) is 29.7 Å². The highest BCUT2D eigenvalue weighted by atomic mass is 32.2. The molecule has 0 unspecified atom stereocenters. The maximum Gasteiger partial charge on any atom is 0.405 e. The zero-order valence-corrected chi connectivity index (χ0v) is 17.1. The molecule has 0 heterocycles. The molecular weight excluding hydrogens is 407 g/mol. The first-order valence-corrected chi connectivity index (χ1v) is 11.4. The largest absolute Gasteiger partial charge is 0.493 e. The Balaban J connectivity index is 2.90. The number of benzene rings is 1. The van der Waals surface area contributed by atoms with E-state index in [2.05, 4.69) is 0 Å². The second kappa shape index (κ2) is 8.36. The van der Waals surface area contributed by atoms with Crippen LogP contribution in [0, 0.1) is 5.41 Å². The molecule has 0 saturated carbocycles. The molecule has 0 fully saturated rings. The topological polar surface area (TPSA) is 89.5 Å². The summed E-state index contributed by atoms with van der Waals surface area (Å²) in [5.74, 6) is 0.000523. The molecule has 1 aromatic rings. The SMILES string of the molecule is CCS(=O)(=O)CCOc1ccc(S(=O)(=O)N[C@H](C(C)(C)C)C(F)(F)F)cc1. The highest BCUT2D eigenvalue weighted by Gasteiger charge is 2.49. The van der Waals surface area contributed by atoms with Gasteiger partial charge in [-0.3, -0.25) is 0 Å². The number of nitrogens with one attached hydrogen (secondary N) is 1. The molecule has 27 heavy (non-hydrogen) atoms. The van der Waals surface area contributed by atoms with Gasteiger partial charge in [-0.15, -0.1) is 0 Å². The van der Waals surface area contributed by atoms with Gasteiger partial charge in [-0.25, -0.2) is 16.8 Å². The first-order chi connectivity index (χ1) is 12.1. The maximum atomic E-state index is 13.2. The van der Waals surface area contributed by atoms with Gasteiger partial charge in [-0.2, -0.15) is 17.9 Å². The van der Waals surface area contributed by atoms with Crippen LogP contribution in [0.3, 0.4) is 0 Å². The quantitative estimate of drug-likeness (QED) is 0.684. The van der Waals surface area contributed by atoms with Gasteiger partial charge in [0.1, 0.15) is 18.4 Å². The molecule has 0 aliphatic heterocycles. The lowest BCUT2D eigenvalue weighted by molar-refractivity contribution is -0.172. The van der Waals surface area contributed by atoms with E-state index < -0.39 is 37.5 Å². The fourth-order valence-corrected chi connectivity index (χ4v) is 4.16. The van der Waals surface area contributed by atoms with Gasteiger partial charge in [0.05, 0.1) is 10.6 Å². The second-order valence-corrected chi connectivity index (χ2v) is 11.2. The minimum Gasteiger partial charge on any atom is -0.493 e. The summed E-state index contributed by atoms with van der Waals surface area (Å²) in [6, 6.07) is 2.45. The van der Waals surface area contributed by atoms with E-state index in [1.165, 1.54) is 39.8 Å². The van der Waals surface area contributed by atoms with Crippen LogP contribution in [0.4, 0.5) is 13.2 Å². The van der Waals surface area contributed by atoms with Crippen molar-refractivity contribution in [3.8, 4) is 5.75 Å². The van der Waals surface area contributed by atoms with Crippen LogP contribution in [0.2, 0.25) is 0 Å². The summed E-state index contributed by atoms with van der Waals surface area (Å²) in [6.07, 6.45) is -4.75. The maximum absolute atomic E-state index is 13.2. The van der Waals surface area contributed by atoms with Crippen molar-refractivity contribution >= 4 is 19.9 Å². The second-order valence-electron chi connectivity index (χ2n) is 7.02.